The van der Waals surface area contributed by atoms with Crippen LogP contribution in [0.5, 0.6) is 0 Å². The van der Waals surface area contributed by atoms with Crippen molar-refractivity contribution >= 4 is 21.6 Å². The van der Waals surface area contributed by atoms with Crippen molar-refractivity contribution in [1.82, 2.24) is 20.2 Å². The molecule has 2 N–H and O–H groups in total. The van der Waals surface area contributed by atoms with Gasteiger partial charge in [0.2, 0.25) is 0 Å². The van der Waals surface area contributed by atoms with Crippen molar-refractivity contribution in [2.24, 2.45) is 0 Å². The average Bonchev–Trinajstić information content (AvgIpc) is 3.03. The molecule has 106 valence electrons. The first-order chi connectivity index (χ1) is 9.57. The van der Waals surface area contributed by atoms with Crippen LogP contribution in [0.4, 0.5) is 5.69 Å². The van der Waals surface area contributed by atoms with E-state index >= 15 is 0 Å². The smallest absolute Gasteiger partial charge is 0.182 e. The van der Waals surface area contributed by atoms with Gasteiger partial charge in [-0.05, 0) is 64.3 Å². The summed E-state index contributed by atoms with van der Waals surface area (Å²) in [5, 5.41) is 12.0. The Morgan fingerprint density at radius 1 is 1.50 bits per heavy atom. The number of aromatic nitrogens is 4. The summed E-state index contributed by atoms with van der Waals surface area (Å²) in [5.41, 5.74) is 7.29. The highest BCUT2D eigenvalue weighted by Gasteiger charge is 2.31. The van der Waals surface area contributed by atoms with Gasteiger partial charge < -0.3 is 10.5 Å². The highest BCUT2D eigenvalue weighted by Crippen LogP contribution is 2.29. The molecule has 1 aromatic heterocycles. The zero-order chi connectivity index (χ0) is 14.2. The van der Waals surface area contributed by atoms with E-state index in [4.69, 9.17) is 10.5 Å². The van der Waals surface area contributed by atoms with Crippen LogP contribution in [0.15, 0.2) is 22.7 Å². The van der Waals surface area contributed by atoms with Crippen LogP contribution in [-0.2, 0) is 11.3 Å². The predicted molar refractivity (Wildman–Crippen MR) is 79.0 cm³/mol. The van der Waals surface area contributed by atoms with Gasteiger partial charge in [0, 0.05) is 22.3 Å². The largest absolute Gasteiger partial charge is 0.398 e. The standard InChI is InChI=1S/C13H16BrN5O/c1-13(5-2-6-20-13)8-19-12(16-17-18-19)9-3-4-10(14)11(15)7-9/h3-4,7H,2,5-6,8,15H2,1H3. The molecule has 0 aliphatic carbocycles. The fraction of sp³-hybridized carbons (Fsp3) is 0.462. The van der Waals surface area contributed by atoms with Gasteiger partial charge in [0.05, 0.1) is 12.1 Å². The van der Waals surface area contributed by atoms with Gasteiger partial charge in [0.15, 0.2) is 5.82 Å². The second kappa shape index (κ2) is 5.14. The minimum Gasteiger partial charge on any atom is -0.398 e. The van der Waals surface area contributed by atoms with E-state index in [1.165, 1.54) is 0 Å². The van der Waals surface area contributed by atoms with Crippen LogP contribution in [0.1, 0.15) is 19.8 Å². The molecule has 0 radical (unpaired) electrons. The van der Waals surface area contributed by atoms with E-state index in [2.05, 4.69) is 38.4 Å². The van der Waals surface area contributed by atoms with Crippen LogP contribution in [0.3, 0.4) is 0 Å². The summed E-state index contributed by atoms with van der Waals surface area (Å²) in [6.45, 7) is 3.55. The molecule has 0 amide bonds. The van der Waals surface area contributed by atoms with Crippen molar-refractivity contribution in [2.45, 2.75) is 31.9 Å². The molecular weight excluding hydrogens is 322 g/mol. The molecule has 1 aromatic carbocycles. The summed E-state index contributed by atoms with van der Waals surface area (Å²) in [4.78, 5) is 0. The summed E-state index contributed by atoms with van der Waals surface area (Å²) in [5.74, 6) is 0.709. The third kappa shape index (κ3) is 2.55. The summed E-state index contributed by atoms with van der Waals surface area (Å²) in [7, 11) is 0. The number of ether oxygens (including phenoxy) is 1. The minimum absolute atomic E-state index is 0.189. The Morgan fingerprint density at radius 3 is 3.05 bits per heavy atom. The third-order valence-electron chi connectivity index (χ3n) is 3.57. The Balaban J connectivity index is 1.91. The monoisotopic (exact) mass is 337 g/mol. The van der Waals surface area contributed by atoms with Gasteiger partial charge in [0.25, 0.3) is 0 Å². The van der Waals surface area contributed by atoms with Gasteiger partial charge in [-0.1, -0.05) is 0 Å². The van der Waals surface area contributed by atoms with E-state index in [9.17, 15) is 0 Å². The van der Waals surface area contributed by atoms with Crippen molar-refractivity contribution in [2.75, 3.05) is 12.3 Å². The third-order valence-corrected chi connectivity index (χ3v) is 4.29. The van der Waals surface area contributed by atoms with Crippen molar-refractivity contribution < 1.29 is 4.74 Å². The van der Waals surface area contributed by atoms with E-state index in [1.54, 1.807) is 4.68 Å². The van der Waals surface area contributed by atoms with Crippen molar-refractivity contribution in [3.8, 4) is 11.4 Å². The van der Waals surface area contributed by atoms with E-state index in [-0.39, 0.29) is 5.60 Å². The van der Waals surface area contributed by atoms with E-state index < -0.39 is 0 Å². The molecule has 7 heteroatoms. The number of halogens is 1. The molecular formula is C13H16BrN5O. The molecule has 1 unspecified atom stereocenters. The number of anilines is 1. The Morgan fingerprint density at radius 2 is 2.35 bits per heavy atom. The fourth-order valence-corrected chi connectivity index (χ4v) is 2.73. The maximum absolute atomic E-state index is 5.92. The topological polar surface area (TPSA) is 78.9 Å². The number of hydrogen-bond acceptors (Lipinski definition) is 5. The van der Waals surface area contributed by atoms with Crippen molar-refractivity contribution in [3.63, 3.8) is 0 Å². The first-order valence-electron chi connectivity index (χ1n) is 6.53. The van der Waals surface area contributed by atoms with Crippen molar-refractivity contribution in [1.29, 1.82) is 0 Å². The van der Waals surface area contributed by atoms with Gasteiger partial charge in [0.1, 0.15) is 0 Å². The molecule has 0 saturated carbocycles. The highest BCUT2D eigenvalue weighted by molar-refractivity contribution is 9.10. The number of nitrogens with two attached hydrogens (primary N) is 1. The lowest BCUT2D eigenvalue weighted by Gasteiger charge is -2.23. The lowest BCUT2D eigenvalue weighted by Crippen LogP contribution is -2.30. The van der Waals surface area contributed by atoms with Gasteiger partial charge >= 0.3 is 0 Å². The number of nitrogen functional groups attached to an aromatic ring is 1. The second-order valence-corrected chi connectivity index (χ2v) is 6.15. The predicted octanol–water partition coefficient (Wildman–Crippen LogP) is 2.25. The maximum Gasteiger partial charge on any atom is 0.182 e. The molecule has 1 saturated heterocycles. The Labute approximate surface area is 125 Å². The second-order valence-electron chi connectivity index (χ2n) is 5.30. The van der Waals surface area contributed by atoms with Gasteiger partial charge in [-0.25, -0.2) is 4.68 Å². The lowest BCUT2D eigenvalue weighted by atomic mass is 10.0. The van der Waals surface area contributed by atoms with Gasteiger partial charge in [-0.3, -0.25) is 0 Å². The highest BCUT2D eigenvalue weighted by atomic mass is 79.9. The molecule has 20 heavy (non-hydrogen) atoms. The summed E-state index contributed by atoms with van der Waals surface area (Å²) >= 11 is 3.39. The Hall–Kier alpha value is -1.47. The number of tetrazole rings is 1. The molecule has 3 rings (SSSR count). The number of hydrogen-bond donors (Lipinski definition) is 1. The zero-order valence-corrected chi connectivity index (χ0v) is 12.8. The van der Waals surface area contributed by atoms with E-state index in [0.717, 1.165) is 29.5 Å². The van der Waals surface area contributed by atoms with Crippen LogP contribution >= 0.6 is 15.9 Å². The quantitative estimate of drug-likeness (QED) is 0.869. The minimum atomic E-state index is -0.189. The molecule has 2 heterocycles. The molecule has 6 nitrogen and oxygen atoms in total. The lowest BCUT2D eigenvalue weighted by molar-refractivity contribution is 0.00355. The number of nitrogens with zero attached hydrogens (tertiary/aromatic N) is 4. The fourth-order valence-electron chi connectivity index (χ4n) is 2.48. The maximum atomic E-state index is 5.92. The van der Waals surface area contributed by atoms with Crippen LogP contribution in [0.25, 0.3) is 11.4 Å². The summed E-state index contributed by atoms with van der Waals surface area (Å²) in [6, 6.07) is 5.71. The molecule has 1 atom stereocenters. The number of rotatable bonds is 3. The Kier molecular flexibility index (Phi) is 3.47. The van der Waals surface area contributed by atoms with E-state index in [1.807, 2.05) is 18.2 Å². The molecule has 0 bridgehead atoms. The van der Waals surface area contributed by atoms with Crippen molar-refractivity contribution in [3.05, 3.63) is 22.7 Å². The van der Waals surface area contributed by atoms with Crippen LogP contribution < -0.4 is 5.73 Å². The molecule has 1 aliphatic heterocycles. The normalized spacial score (nSPS) is 22.3. The Bertz CT molecular complexity index is 621. The zero-order valence-electron chi connectivity index (χ0n) is 11.2. The van der Waals surface area contributed by atoms with Crippen LogP contribution in [0.2, 0.25) is 0 Å². The van der Waals surface area contributed by atoms with Gasteiger partial charge in [-0.2, -0.15) is 0 Å². The van der Waals surface area contributed by atoms with Gasteiger partial charge in [-0.15, -0.1) is 5.10 Å². The molecule has 1 aliphatic rings. The molecule has 0 spiro atoms. The SMILES string of the molecule is CC1(Cn2nnnc2-c2ccc(Br)c(N)c2)CCCO1. The van der Waals surface area contributed by atoms with E-state index in [0.29, 0.717) is 18.1 Å². The first kappa shape index (κ1) is 13.5. The molecule has 2 aromatic rings. The number of benzene rings is 1. The first-order valence-corrected chi connectivity index (χ1v) is 7.32. The average molecular weight is 338 g/mol. The summed E-state index contributed by atoms with van der Waals surface area (Å²) < 4.78 is 8.45. The molecule has 1 fully saturated rings. The summed E-state index contributed by atoms with van der Waals surface area (Å²) in [6.07, 6.45) is 2.11. The van der Waals surface area contributed by atoms with Crippen LogP contribution in [-0.4, -0.2) is 32.4 Å². The van der Waals surface area contributed by atoms with Crippen LogP contribution in [0, 0.1) is 0 Å².